The van der Waals surface area contributed by atoms with Crippen LogP contribution in [0, 0.1) is 17.7 Å². The Labute approximate surface area is 203 Å². The Hall–Kier alpha value is -4.51. The molecule has 4 atom stereocenters. The summed E-state index contributed by atoms with van der Waals surface area (Å²) in [7, 11) is 1.07. The number of aromatic nitrogens is 3. The SMILES string of the molecule is COC(=O)c1nc(C#Cc2ccccc2F)nn1C1OC(COC(C)=O)[C@H](OC(=O)O)[C@@H]1OC(C)=O. The molecular formula is C22H20FN3O10. The summed E-state index contributed by atoms with van der Waals surface area (Å²) in [4.78, 5) is 50.8. The fourth-order valence-corrected chi connectivity index (χ4v) is 3.28. The summed E-state index contributed by atoms with van der Waals surface area (Å²) in [6, 6.07) is 5.68. The number of carboxylic acid groups (broad SMARTS) is 1. The Morgan fingerprint density at radius 1 is 1.11 bits per heavy atom. The van der Waals surface area contributed by atoms with Gasteiger partial charge < -0.3 is 28.8 Å². The highest BCUT2D eigenvalue weighted by atomic mass is 19.1. The number of halogens is 1. The molecule has 1 fully saturated rings. The van der Waals surface area contributed by atoms with Gasteiger partial charge in [0.25, 0.3) is 0 Å². The first kappa shape index (κ1) is 26.1. The number of hydrogen-bond donors (Lipinski definition) is 1. The van der Waals surface area contributed by atoms with Crippen LogP contribution >= 0.6 is 0 Å². The van der Waals surface area contributed by atoms with E-state index in [1.54, 1.807) is 6.07 Å². The van der Waals surface area contributed by atoms with Crippen LogP contribution in [0.4, 0.5) is 9.18 Å². The van der Waals surface area contributed by atoms with E-state index in [9.17, 15) is 28.7 Å². The quantitative estimate of drug-likeness (QED) is 0.337. The second-order valence-corrected chi connectivity index (χ2v) is 7.22. The Balaban J connectivity index is 2.06. The zero-order valence-electron chi connectivity index (χ0n) is 19.2. The van der Waals surface area contributed by atoms with E-state index in [-0.39, 0.29) is 11.4 Å². The Morgan fingerprint density at radius 3 is 2.44 bits per heavy atom. The van der Waals surface area contributed by atoms with E-state index in [1.165, 1.54) is 18.2 Å². The van der Waals surface area contributed by atoms with Gasteiger partial charge in [0.15, 0.2) is 18.4 Å². The van der Waals surface area contributed by atoms with Crippen molar-refractivity contribution in [2.75, 3.05) is 13.7 Å². The van der Waals surface area contributed by atoms with Crippen LogP contribution < -0.4 is 0 Å². The molecule has 1 saturated heterocycles. The highest BCUT2D eigenvalue weighted by molar-refractivity contribution is 5.85. The first-order valence-electron chi connectivity index (χ1n) is 10.3. The summed E-state index contributed by atoms with van der Waals surface area (Å²) in [5.41, 5.74) is 0.0414. The van der Waals surface area contributed by atoms with Crippen molar-refractivity contribution in [3.8, 4) is 11.8 Å². The molecular weight excluding hydrogens is 485 g/mol. The Kier molecular flexibility index (Phi) is 8.18. The average molecular weight is 505 g/mol. The van der Waals surface area contributed by atoms with Gasteiger partial charge in [-0.25, -0.2) is 18.7 Å². The maximum absolute atomic E-state index is 13.9. The van der Waals surface area contributed by atoms with Crippen LogP contribution in [-0.2, 0) is 33.3 Å². The largest absolute Gasteiger partial charge is 0.506 e. The molecule has 1 aliphatic rings. The lowest BCUT2D eigenvalue weighted by Gasteiger charge is -2.22. The number of benzene rings is 1. The third-order valence-electron chi connectivity index (χ3n) is 4.70. The maximum atomic E-state index is 13.9. The molecule has 1 aromatic heterocycles. The summed E-state index contributed by atoms with van der Waals surface area (Å²) in [6.07, 6.45) is -7.39. The monoisotopic (exact) mass is 505 g/mol. The van der Waals surface area contributed by atoms with E-state index in [0.29, 0.717) is 0 Å². The molecule has 2 aromatic rings. The van der Waals surface area contributed by atoms with Crippen molar-refractivity contribution in [1.82, 2.24) is 14.8 Å². The summed E-state index contributed by atoms with van der Waals surface area (Å²) < 4.78 is 40.2. The molecule has 0 aliphatic carbocycles. The first-order valence-corrected chi connectivity index (χ1v) is 10.3. The first-order chi connectivity index (χ1) is 17.1. The van der Waals surface area contributed by atoms with Gasteiger partial charge in [0.2, 0.25) is 11.6 Å². The smallest absolute Gasteiger partial charge is 0.463 e. The van der Waals surface area contributed by atoms with Gasteiger partial charge in [-0.1, -0.05) is 18.1 Å². The number of hydrogen-bond acceptors (Lipinski definition) is 11. The third-order valence-corrected chi connectivity index (χ3v) is 4.70. The normalized spacial score (nSPS) is 20.6. The molecule has 0 amide bonds. The molecule has 2 unspecified atom stereocenters. The minimum atomic E-state index is -1.72. The van der Waals surface area contributed by atoms with Crippen LogP contribution in [0.3, 0.4) is 0 Å². The summed E-state index contributed by atoms with van der Waals surface area (Å²) in [5, 5.41) is 13.3. The van der Waals surface area contributed by atoms with Gasteiger partial charge in [-0.3, -0.25) is 9.59 Å². The minimum Gasteiger partial charge on any atom is -0.463 e. The number of carbonyl (C=O) groups excluding carboxylic acids is 3. The number of rotatable bonds is 6. The van der Waals surface area contributed by atoms with Gasteiger partial charge in [-0.15, -0.1) is 5.10 Å². The molecule has 14 heteroatoms. The van der Waals surface area contributed by atoms with Crippen LogP contribution in [0.1, 0.15) is 42.1 Å². The van der Waals surface area contributed by atoms with E-state index in [1.807, 2.05) is 0 Å². The number of esters is 3. The molecule has 1 aliphatic heterocycles. The fourth-order valence-electron chi connectivity index (χ4n) is 3.28. The molecule has 13 nitrogen and oxygen atoms in total. The lowest BCUT2D eigenvalue weighted by molar-refractivity contribution is -0.157. The molecule has 1 N–H and O–H groups in total. The van der Waals surface area contributed by atoms with Crippen molar-refractivity contribution < 1.29 is 52.4 Å². The summed E-state index contributed by atoms with van der Waals surface area (Å²) >= 11 is 0. The zero-order chi connectivity index (χ0) is 26.4. The van der Waals surface area contributed by atoms with Gasteiger partial charge in [0.05, 0.1) is 12.7 Å². The van der Waals surface area contributed by atoms with Crippen LogP contribution in [-0.4, -0.2) is 76.0 Å². The van der Waals surface area contributed by atoms with Crippen LogP contribution in [0.25, 0.3) is 0 Å². The molecule has 3 rings (SSSR count). The predicted octanol–water partition coefficient (Wildman–Crippen LogP) is 1.06. The standard InChI is InChI=1S/C22H20FN3O10/c1-11(27)33-10-15-17(36-22(30)31)18(34-12(2)28)20(35-15)26-19(21(29)32-3)24-16(25-26)9-8-13-6-4-5-7-14(13)23/h4-7,15,17-18,20H,10H2,1-3H3,(H,30,31)/t15?,17-,18-,20?/m0/s1. The highest BCUT2D eigenvalue weighted by Crippen LogP contribution is 2.35. The van der Waals surface area contributed by atoms with E-state index in [0.717, 1.165) is 25.6 Å². The fraction of sp³-hybridized carbons (Fsp3) is 0.364. The molecule has 0 spiro atoms. The topological polar surface area (TPSA) is 165 Å². The van der Waals surface area contributed by atoms with Crippen LogP contribution in [0.5, 0.6) is 0 Å². The summed E-state index contributed by atoms with van der Waals surface area (Å²) in [5.74, 6) is 1.26. The van der Waals surface area contributed by atoms with Crippen molar-refractivity contribution in [3.05, 3.63) is 47.3 Å². The Bertz CT molecular complexity index is 1230. The maximum Gasteiger partial charge on any atom is 0.506 e. The highest BCUT2D eigenvalue weighted by Gasteiger charge is 2.52. The molecule has 0 radical (unpaired) electrons. The van der Waals surface area contributed by atoms with E-state index >= 15 is 0 Å². The number of carbonyl (C=O) groups is 4. The molecule has 2 heterocycles. The summed E-state index contributed by atoms with van der Waals surface area (Å²) in [6.45, 7) is 1.71. The second-order valence-electron chi connectivity index (χ2n) is 7.22. The van der Waals surface area contributed by atoms with Crippen molar-refractivity contribution in [2.45, 2.75) is 38.4 Å². The number of methoxy groups -OCH3 is 1. The minimum absolute atomic E-state index is 0.0414. The van der Waals surface area contributed by atoms with Gasteiger partial charge >= 0.3 is 24.1 Å². The van der Waals surface area contributed by atoms with Crippen molar-refractivity contribution in [1.29, 1.82) is 0 Å². The molecule has 1 aromatic carbocycles. The lowest BCUT2D eigenvalue weighted by atomic mass is 10.1. The molecule has 0 bridgehead atoms. The predicted molar refractivity (Wildman–Crippen MR) is 113 cm³/mol. The van der Waals surface area contributed by atoms with Gasteiger partial charge in [-0.05, 0) is 18.1 Å². The third kappa shape index (κ3) is 6.13. The van der Waals surface area contributed by atoms with E-state index in [4.69, 9.17) is 23.7 Å². The molecule has 36 heavy (non-hydrogen) atoms. The Morgan fingerprint density at radius 2 is 1.83 bits per heavy atom. The molecule has 0 saturated carbocycles. The van der Waals surface area contributed by atoms with Crippen LogP contribution in [0.2, 0.25) is 0 Å². The van der Waals surface area contributed by atoms with Gasteiger partial charge in [0, 0.05) is 13.8 Å². The number of ether oxygens (including phenoxy) is 5. The van der Waals surface area contributed by atoms with E-state index in [2.05, 4.69) is 21.9 Å². The average Bonchev–Trinajstić information content (AvgIpc) is 3.37. The van der Waals surface area contributed by atoms with Crippen molar-refractivity contribution in [2.24, 2.45) is 0 Å². The lowest BCUT2D eigenvalue weighted by Crippen LogP contribution is -2.41. The van der Waals surface area contributed by atoms with Crippen molar-refractivity contribution >= 4 is 24.1 Å². The van der Waals surface area contributed by atoms with Crippen molar-refractivity contribution in [3.63, 3.8) is 0 Å². The molecule has 190 valence electrons. The second kappa shape index (κ2) is 11.3. The van der Waals surface area contributed by atoms with Crippen LogP contribution in [0.15, 0.2) is 24.3 Å². The van der Waals surface area contributed by atoms with Gasteiger partial charge in [0.1, 0.15) is 18.5 Å². The number of nitrogens with zero attached hydrogens (tertiary/aromatic N) is 3. The van der Waals surface area contributed by atoms with Gasteiger partial charge in [-0.2, -0.15) is 4.98 Å². The van der Waals surface area contributed by atoms with E-state index < -0.39 is 66.9 Å². The zero-order valence-corrected chi connectivity index (χ0v) is 19.2.